The monoisotopic (exact) mass is 902 g/mol. The highest BCUT2D eigenvalue weighted by Gasteiger charge is 2.53. The van der Waals surface area contributed by atoms with E-state index in [0.717, 1.165) is 17.7 Å². The summed E-state index contributed by atoms with van der Waals surface area (Å²) >= 11 is 0. The van der Waals surface area contributed by atoms with E-state index in [-0.39, 0.29) is 67.1 Å². The van der Waals surface area contributed by atoms with Gasteiger partial charge in [0.25, 0.3) is 11.7 Å². The summed E-state index contributed by atoms with van der Waals surface area (Å²) in [7, 11) is 1.56. The van der Waals surface area contributed by atoms with Gasteiger partial charge < -0.3 is 44.6 Å². The molecule has 5 N–H and O–H groups in total. The molecule has 2 saturated heterocycles. The highest BCUT2D eigenvalue weighted by Crippen LogP contribution is 2.37. The number of amides is 1. The van der Waals surface area contributed by atoms with Crippen LogP contribution in [0.3, 0.4) is 0 Å². The summed E-state index contributed by atoms with van der Waals surface area (Å²) < 4.78 is 17.7. The van der Waals surface area contributed by atoms with E-state index in [4.69, 9.17) is 14.2 Å². The molecular weight excluding hydrogens is 823 g/mol. The maximum absolute atomic E-state index is 14.2. The predicted molar refractivity (Wildman–Crippen MR) is 242 cm³/mol. The molecule has 14 unspecified atom stereocenters. The van der Waals surface area contributed by atoms with Gasteiger partial charge in [0.05, 0.1) is 37.1 Å². The Balaban J connectivity index is 1.75. The normalized spacial score (nSPS) is 29.4. The number of aliphatic hydroxyl groups excluding tert-OH is 4. The van der Waals surface area contributed by atoms with Crippen molar-refractivity contribution in [2.24, 2.45) is 35.5 Å². The van der Waals surface area contributed by atoms with Crippen LogP contribution in [-0.4, -0.2) is 128 Å². The molecule has 1 amide bonds. The number of rotatable bonds is 23. The molecule has 64 heavy (non-hydrogen) atoms. The molecule has 3 fully saturated rings. The maximum atomic E-state index is 14.2. The molecule has 1 saturated carbocycles. The van der Waals surface area contributed by atoms with Crippen LogP contribution in [-0.2, 0) is 38.2 Å². The molecule has 2 heterocycles. The number of methoxy groups -OCH3 is 1. The molecule has 1 aliphatic carbocycles. The quantitative estimate of drug-likeness (QED) is 0.0371. The SMILES string of the molecule is COC1CC(CC(C)C(CC(=O)C(C)C=C(C)C(O)CO)OC(=O)C2CCCCN2C(=O)C(=O)C2(O)OC(CC(O)C(C)=CC=CC=CC(C)CC(C)C(C)=O)CCC2C)CCC1O. The summed E-state index contributed by atoms with van der Waals surface area (Å²) in [6.07, 6.45) is 11.4. The minimum absolute atomic E-state index is 0.0103. The van der Waals surface area contributed by atoms with Gasteiger partial charge >= 0.3 is 5.97 Å². The summed E-state index contributed by atoms with van der Waals surface area (Å²) in [6, 6.07) is -1.15. The summed E-state index contributed by atoms with van der Waals surface area (Å²) in [6.45, 7) is 13.7. The van der Waals surface area contributed by atoms with Crippen molar-refractivity contribution in [1.29, 1.82) is 0 Å². The van der Waals surface area contributed by atoms with E-state index in [9.17, 15) is 49.5 Å². The largest absolute Gasteiger partial charge is 0.460 e. The minimum Gasteiger partial charge on any atom is -0.460 e. The first-order chi connectivity index (χ1) is 30.1. The number of ether oxygens (including phenoxy) is 3. The van der Waals surface area contributed by atoms with Crippen LogP contribution < -0.4 is 0 Å². The molecule has 14 nitrogen and oxygen atoms in total. The van der Waals surface area contributed by atoms with Crippen LogP contribution in [0.1, 0.15) is 132 Å². The number of hydrogen-bond donors (Lipinski definition) is 5. The first kappa shape index (κ1) is 55.0. The Hall–Kier alpha value is -3.37. The van der Waals surface area contributed by atoms with E-state index < -0.39 is 78.5 Å². The number of nitrogens with zero attached hydrogens (tertiary/aromatic N) is 1. The van der Waals surface area contributed by atoms with Gasteiger partial charge in [0.2, 0.25) is 5.79 Å². The second-order valence-corrected chi connectivity index (χ2v) is 19.2. The van der Waals surface area contributed by atoms with Gasteiger partial charge in [-0.1, -0.05) is 71.1 Å². The molecule has 0 bridgehead atoms. The van der Waals surface area contributed by atoms with Crippen molar-refractivity contribution in [3.8, 4) is 0 Å². The van der Waals surface area contributed by atoms with Gasteiger partial charge in [-0.15, -0.1) is 0 Å². The van der Waals surface area contributed by atoms with Crippen LogP contribution in [0, 0.1) is 35.5 Å². The Bertz CT molecular complexity index is 1690. The number of likely N-dealkylation sites (tertiary alicyclic amines) is 1. The lowest BCUT2D eigenvalue weighted by Gasteiger charge is -2.42. The van der Waals surface area contributed by atoms with Crippen molar-refractivity contribution in [2.75, 3.05) is 20.3 Å². The van der Waals surface area contributed by atoms with Crippen LogP contribution in [0.5, 0.6) is 0 Å². The van der Waals surface area contributed by atoms with E-state index >= 15 is 0 Å². The first-order valence-electron chi connectivity index (χ1n) is 23.5. The lowest BCUT2D eigenvalue weighted by atomic mass is 9.78. The second kappa shape index (κ2) is 26.1. The highest BCUT2D eigenvalue weighted by molar-refractivity contribution is 6.39. The van der Waals surface area contributed by atoms with Crippen LogP contribution in [0.25, 0.3) is 0 Å². The topological polar surface area (TPSA) is 217 Å². The fraction of sp³-hybridized carbons (Fsp3) is 0.740. The third kappa shape index (κ3) is 15.9. The third-order valence-electron chi connectivity index (χ3n) is 13.8. The van der Waals surface area contributed by atoms with E-state index in [1.165, 1.54) is 0 Å². The second-order valence-electron chi connectivity index (χ2n) is 19.2. The molecule has 2 aliphatic heterocycles. The number of allylic oxidation sites excluding steroid dienone is 6. The molecule has 362 valence electrons. The molecular formula is C50H79NO13. The molecule has 3 rings (SSSR count). The Kier molecular flexibility index (Phi) is 22.4. The van der Waals surface area contributed by atoms with Crippen molar-refractivity contribution in [1.82, 2.24) is 4.90 Å². The van der Waals surface area contributed by atoms with E-state index in [1.54, 1.807) is 60.0 Å². The third-order valence-corrected chi connectivity index (χ3v) is 13.8. The summed E-state index contributed by atoms with van der Waals surface area (Å²) in [4.78, 5) is 68.8. The van der Waals surface area contributed by atoms with Gasteiger partial charge in [-0.2, -0.15) is 0 Å². The van der Waals surface area contributed by atoms with Gasteiger partial charge in [-0.3, -0.25) is 19.2 Å². The summed E-state index contributed by atoms with van der Waals surface area (Å²) in [5.41, 5.74) is 1.07. The number of carbonyl (C=O) groups is 5. The van der Waals surface area contributed by atoms with Gasteiger partial charge in [0.1, 0.15) is 23.7 Å². The summed E-state index contributed by atoms with van der Waals surface area (Å²) in [5.74, 6) is -7.02. The van der Waals surface area contributed by atoms with Crippen LogP contribution in [0.15, 0.2) is 47.6 Å². The van der Waals surface area contributed by atoms with E-state index in [0.29, 0.717) is 56.1 Å². The zero-order valence-electron chi connectivity index (χ0n) is 39.8. The molecule has 14 atom stereocenters. The molecule has 0 aromatic carbocycles. The fourth-order valence-electron chi connectivity index (χ4n) is 9.13. The summed E-state index contributed by atoms with van der Waals surface area (Å²) in [5, 5.41) is 52.7. The average Bonchev–Trinajstić information content (AvgIpc) is 3.26. The number of Topliss-reactive ketones (excluding diaryl/α,β-unsaturated/α-hetero) is 3. The number of esters is 1. The van der Waals surface area contributed by atoms with Crippen molar-refractivity contribution >= 4 is 29.2 Å². The van der Waals surface area contributed by atoms with Gasteiger partial charge in [-0.05, 0) is 114 Å². The Morgan fingerprint density at radius 1 is 0.891 bits per heavy atom. The Morgan fingerprint density at radius 3 is 2.25 bits per heavy atom. The fourth-order valence-corrected chi connectivity index (χ4v) is 9.13. The first-order valence-corrected chi connectivity index (χ1v) is 23.5. The molecule has 0 radical (unpaired) electrons. The molecule has 0 spiro atoms. The zero-order chi connectivity index (χ0) is 47.9. The molecule has 3 aliphatic rings. The van der Waals surface area contributed by atoms with Crippen LogP contribution >= 0.6 is 0 Å². The minimum atomic E-state index is -2.49. The standard InChI is InChI=1S/C50H79NO13/c1-30(23-32(3)37(8)53)15-11-10-12-16-31(2)42(55)27-39-20-18-36(7)50(61,64-39)47(58)48(59)51-22-14-13-17-40(51)49(60)63-45(28-43(56)33(4)24-34(5)44(57)29-52)35(6)25-38-19-21-41(54)46(26-38)62-9/h10-12,15-16,24,30,32-33,35-36,38-42,44-46,52,54-55,57,61H,13-14,17-23,25-29H2,1-9H3. The number of hydrogen-bond acceptors (Lipinski definition) is 13. The van der Waals surface area contributed by atoms with Gasteiger partial charge in [0, 0.05) is 44.2 Å². The smallest absolute Gasteiger partial charge is 0.329 e. The van der Waals surface area contributed by atoms with E-state index in [1.807, 2.05) is 39.0 Å². The average molecular weight is 902 g/mol. The molecule has 0 aromatic heterocycles. The maximum Gasteiger partial charge on any atom is 0.329 e. The van der Waals surface area contributed by atoms with Crippen LogP contribution in [0.4, 0.5) is 0 Å². The molecule has 14 heteroatoms. The van der Waals surface area contributed by atoms with Gasteiger partial charge in [-0.25, -0.2) is 4.79 Å². The lowest BCUT2D eigenvalue weighted by molar-refractivity contribution is -0.265. The Labute approximate surface area is 381 Å². The van der Waals surface area contributed by atoms with Crippen LogP contribution in [0.2, 0.25) is 0 Å². The predicted octanol–water partition coefficient (Wildman–Crippen LogP) is 5.51. The van der Waals surface area contributed by atoms with E-state index in [2.05, 4.69) is 0 Å². The number of carbonyl (C=O) groups excluding carboxylic acids is 5. The number of ketones is 3. The van der Waals surface area contributed by atoms with Crippen molar-refractivity contribution in [3.63, 3.8) is 0 Å². The van der Waals surface area contributed by atoms with Gasteiger partial charge in [0.15, 0.2) is 0 Å². The van der Waals surface area contributed by atoms with Crippen molar-refractivity contribution < 1.29 is 63.7 Å². The lowest BCUT2D eigenvalue weighted by Crippen LogP contribution is -2.61. The number of aliphatic hydroxyl groups is 5. The highest BCUT2D eigenvalue weighted by atomic mass is 16.6. The zero-order valence-corrected chi connectivity index (χ0v) is 39.8. The van der Waals surface area contributed by atoms with Crippen molar-refractivity contribution in [2.45, 2.75) is 181 Å². The molecule has 0 aromatic rings. The Morgan fingerprint density at radius 2 is 1.59 bits per heavy atom. The number of piperidine rings is 1. The van der Waals surface area contributed by atoms with Crippen molar-refractivity contribution in [3.05, 3.63) is 47.6 Å².